The minimum Gasteiger partial charge on any atom is -0.390 e. The maximum atomic E-state index is 12.7. The number of sulfonamides is 1. The largest absolute Gasteiger partial charge is 0.390 e. The second kappa shape index (κ2) is 6.29. The van der Waals surface area contributed by atoms with Crippen molar-refractivity contribution in [3.63, 3.8) is 0 Å². The SMILES string of the molecule is CCNc1cc(S(=O)(=O)N2CCCC(C)(O)CC2)ccn1. The van der Waals surface area contributed by atoms with Crippen molar-refractivity contribution in [1.29, 1.82) is 0 Å². The maximum absolute atomic E-state index is 12.7. The molecule has 2 heterocycles. The second-order valence-electron chi connectivity index (χ2n) is 5.66. The first kappa shape index (κ1) is 16.2. The van der Waals surface area contributed by atoms with Crippen LogP contribution >= 0.6 is 0 Å². The van der Waals surface area contributed by atoms with Gasteiger partial charge in [-0.05, 0) is 39.2 Å². The third kappa shape index (κ3) is 3.93. The van der Waals surface area contributed by atoms with Crippen LogP contribution in [-0.4, -0.2) is 48.0 Å². The van der Waals surface area contributed by atoms with Gasteiger partial charge in [0.2, 0.25) is 10.0 Å². The molecule has 118 valence electrons. The molecule has 0 spiro atoms. The summed E-state index contributed by atoms with van der Waals surface area (Å²) in [6.45, 7) is 5.16. The summed E-state index contributed by atoms with van der Waals surface area (Å²) >= 11 is 0. The standard InChI is InChI=1S/C14H23N3O3S/c1-3-15-13-11-12(5-8-16-13)21(19,20)17-9-4-6-14(2,18)7-10-17/h5,8,11,18H,3-4,6-7,9-10H2,1-2H3,(H,15,16). The molecule has 21 heavy (non-hydrogen) atoms. The van der Waals surface area contributed by atoms with Gasteiger partial charge in [-0.15, -0.1) is 0 Å². The van der Waals surface area contributed by atoms with E-state index in [1.54, 1.807) is 13.0 Å². The van der Waals surface area contributed by atoms with Crippen molar-refractivity contribution < 1.29 is 13.5 Å². The molecule has 1 saturated heterocycles. The van der Waals surface area contributed by atoms with Gasteiger partial charge in [-0.3, -0.25) is 0 Å². The number of rotatable bonds is 4. The number of nitrogens with one attached hydrogen (secondary N) is 1. The number of aliphatic hydroxyl groups is 1. The van der Waals surface area contributed by atoms with Gasteiger partial charge in [0.25, 0.3) is 0 Å². The van der Waals surface area contributed by atoms with Crippen LogP contribution in [0.25, 0.3) is 0 Å². The van der Waals surface area contributed by atoms with E-state index in [1.807, 2.05) is 6.92 Å². The topological polar surface area (TPSA) is 82.5 Å². The van der Waals surface area contributed by atoms with Crippen molar-refractivity contribution in [2.45, 2.75) is 43.6 Å². The van der Waals surface area contributed by atoms with Crippen molar-refractivity contribution in [2.24, 2.45) is 0 Å². The van der Waals surface area contributed by atoms with E-state index in [0.717, 1.165) is 0 Å². The maximum Gasteiger partial charge on any atom is 0.243 e. The van der Waals surface area contributed by atoms with Crippen molar-refractivity contribution in [2.75, 3.05) is 25.0 Å². The quantitative estimate of drug-likeness (QED) is 0.879. The van der Waals surface area contributed by atoms with E-state index in [2.05, 4.69) is 10.3 Å². The Labute approximate surface area is 126 Å². The highest BCUT2D eigenvalue weighted by atomic mass is 32.2. The minimum atomic E-state index is -3.53. The first-order valence-electron chi connectivity index (χ1n) is 7.28. The average molecular weight is 313 g/mol. The molecule has 0 bridgehead atoms. The lowest BCUT2D eigenvalue weighted by Gasteiger charge is -2.22. The molecule has 1 aromatic rings. The summed E-state index contributed by atoms with van der Waals surface area (Å²) in [7, 11) is -3.53. The van der Waals surface area contributed by atoms with Crippen LogP contribution in [0.2, 0.25) is 0 Å². The van der Waals surface area contributed by atoms with Gasteiger partial charge in [-0.25, -0.2) is 13.4 Å². The molecular formula is C14H23N3O3S. The van der Waals surface area contributed by atoms with Gasteiger partial charge in [-0.2, -0.15) is 4.31 Å². The molecule has 0 radical (unpaired) electrons. The molecule has 7 heteroatoms. The Morgan fingerprint density at radius 3 is 2.90 bits per heavy atom. The molecule has 0 saturated carbocycles. The molecule has 1 unspecified atom stereocenters. The predicted octanol–water partition coefficient (Wildman–Crippen LogP) is 1.44. The molecule has 1 fully saturated rings. The highest BCUT2D eigenvalue weighted by Gasteiger charge is 2.31. The fraction of sp³-hybridized carbons (Fsp3) is 0.643. The summed E-state index contributed by atoms with van der Waals surface area (Å²) in [4.78, 5) is 4.34. The van der Waals surface area contributed by atoms with Crippen LogP contribution in [0.5, 0.6) is 0 Å². The molecule has 2 N–H and O–H groups in total. The number of nitrogens with zero attached hydrogens (tertiary/aromatic N) is 2. The number of hydrogen-bond donors (Lipinski definition) is 2. The lowest BCUT2D eigenvalue weighted by molar-refractivity contribution is 0.0465. The Kier molecular flexibility index (Phi) is 4.85. The van der Waals surface area contributed by atoms with Gasteiger partial charge >= 0.3 is 0 Å². The van der Waals surface area contributed by atoms with E-state index < -0.39 is 15.6 Å². The van der Waals surface area contributed by atoms with Gasteiger partial charge in [0.15, 0.2) is 0 Å². The Balaban J connectivity index is 2.23. The normalized spacial score (nSPS) is 24.5. The van der Waals surface area contributed by atoms with Crippen molar-refractivity contribution in [1.82, 2.24) is 9.29 Å². The van der Waals surface area contributed by atoms with E-state index in [4.69, 9.17) is 0 Å². The summed E-state index contributed by atoms with van der Waals surface area (Å²) in [5.41, 5.74) is -0.780. The van der Waals surface area contributed by atoms with Gasteiger partial charge in [-0.1, -0.05) is 0 Å². The third-order valence-electron chi connectivity index (χ3n) is 3.75. The molecular weight excluding hydrogens is 290 g/mol. The molecule has 0 aliphatic carbocycles. The van der Waals surface area contributed by atoms with Crippen molar-refractivity contribution in [3.05, 3.63) is 18.3 Å². The lowest BCUT2D eigenvalue weighted by atomic mass is 9.98. The van der Waals surface area contributed by atoms with Crippen LogP contribution in [0.4, 0.5) is 5.82 Å². The molecule has 1 aliphatic rings. The average Bonchev–Trinajstić information content (AvgIpc) is 2.61. The fourth-order valence-corrected chi connectivity index (χ4v) is 3.97. The number of pyridine rings is 1. The van der Waals surface area contributed by atoms with Gasteiger partial charge in [0.1, 0.15) is 5.82 Å². The van der Waals surface area contributed by atoms with Crippen LogP contribution < -0.4 is 5.32 Å². The van der Waals surface area contributed by atoms with Crippen LogP contribution in [0.3, 0.4) is 0 Å². The summed E-state index contributed by atoms with van der Waals surface area (Å²) in [6.07, 6.45) is 3.24. The molecule has 6 nitrogen and oxygen atoms in total. The van der Waals surface area contributed by atoms with Crippen LogP contribution in [0.15, 0.2) is 23.2 Å². The van der Waals surface area contributed by atoms with Gasteiger partial charge in [0.05, 0.1) is 10.5 Å². The summed E-state index contributed by atoms with van der Waals surface area (Å²) < 4.78 is 26.9. The zero-order chi connectivity index (χ0) is 15.5. The molecule has 2 rings (SSSR count). The minimum absolute atomic E-state index is 0.245. The van der Waals surface area contributed by atoms with E-state index in [0.29, 0.717) is 44.7 Å². The Bertz CT molecular complexity index is 587. The first-order valence-corrected chi connectivity index (χ1v) is 8.72. The van der Waals surface area contributed by atoms with E-state index in [-0.39, 0.29) is 4.90 Å². The summed E-state index contributed by atoms with van der Waals surface area (Å²) in [6, 6.07) is 3.07. The Hall–Kier alpha value is -1.18. The Morgan fingerprint density at radius 1 is 1.43 bits per heavy atom. The molecule has 1 aromatic heterocycles. The van der Waals surface area contributed by atoms with E-state index in [9.17, 15) is 13.5 Å². The zero-order valence-corrected chi connectivity index (χ0v) is 13.4. The number of hydrogen-bond acceptors (Lipinski definition) is 5. The monoisotopic (exact) mass is 313 g/mol. The van der Waals surface area contributed by atoms with Crippen molar-refractivity contribution in [3.8, 4) is 0 Å². The second-order valence-corrected chi connectivity index (χ2v) is 7.60. The van der Waals surface area contributed by atoms with Crippen LogP contribution in [0.1, 0.15) is 33.1 Å². The van der Waals surface area contributed by atoms with E-state index >= 15 is 0 Å². The van der Waals surface area contributed by atoms with Gasteiger partial charge < -0.3 is 10.4 Å². The number of anilines is 1. The first-order chi connectivity index (χ1) is 9.85. The van der Waals surface area contributed by atoms with Crippen LogP contribution in [-0.2, 0) is 10.0 Å². The molecule has 1 aliphatic heterocycles. The zero-order valence-electron chi connectivity index (χ0n) is 12.5. The summed E-state index contributed by atoms with van der Waals surface area (Å²) in [5.74, 6) is 0.556. The molecule has 1 atom stereocenters. The Morgan fingerprint density at radius 2 is 2.19 bits per heavy atom. The fourth-order valence-electron chi connectivity index (χ4n) is 2.48. The molecule has 0 amide bonds. The van der Waals surface area contributed by atoms with Crippen LogP contribution in [0, 0.1) is 0 Å². The smallest absolute Gasteiger partial charge is 0.243 e. The predicted molar refractivity (Wildman–Crippen MR) is 81.6 cm³/mol. The van der Waals surface area contributed by atoms with Crippen molar-refractivity contribution >= 4 is 15.8 Å². The third-order valence-corrected chi connectivity index (χ3v) is 5.64. The lowest BCUT2D eigenvalue weighted by Crippen LogP contribution is -2.33. The highest BCUT2D eigenvalue weighted by molar-refractivity contribution is 7.89. The highest BCUT2D eigenvalue weighted by Crippen LogP contribution is 2.26. The molecule has 0 aromatic carbocycles. The van der Waals surface area contributed by atoms with Gasteiger partial charge in [0, 0.05) is 31.9 Å². The number of aromatic nitrogens is 1. The van der Waals surface area contributed by atoms with E-state index in [1.165, 1.54) is 16.6 Å². The summed E-state index contributed by atoms with van der Waals surface area (Å²) in [5, 5.41) is 13.1.